The summed E-state index contributed by atoms with van der Waals surface area (Å²) in [5, 5.41) is 12.1. The Kier molecular flexibility index (Phi) is 12.1. The van der Waals surface area contributed by atoms with Gasteiger partial charge in [-0.2, -0.15) is 0 Å². The highest BCUT2D eigenvalue weighted by Gasteiger charge is 2.69. The van der Waals surface area contributed by atoms with E-state index < -0.39 is 66.1 Å². The predicted molar refractivity (Wildman–Crippen MR) is 243 cm³/mol. The van der Waals surface area contributed by atoms with Gasteiger partial charge in [0, 0.05) is 73.9 Å². The lowest BCUT2D eigenvalue weighted by Crippen LogP contribution is -2.75. The second kappa shape index (κ2) is 17.4. The summed E-state index contributed by atoms with van der Waals surface area (Å²) in [4.78, 5) is 44.0. The first-order chi connectivity index (χ1) is 31.3. The number of rotatable bonds is 12. The van der Waals surface area contributed by atoms with E-state index in [0.717, 1.165) is 22.2 Å². The summed E-state index contributed by atoms with van der Waals surface area (Å²) >= 11 is 0. The topological polar surface area (TPSA) is 121 Å². The predicted octanol–water partition coefficient (Wildman–Crippen LogP) is 4.21. The van der Waals surface area contributed by atoms with Crippen LogP contribution in [-0.2, 0) is 39.8 Å². The van der Waals surface area contributed by atoms with E-state index >= 15 is 0 Å². The molecular formula is C52H73N4O9+3. The van der Waals surface area contributed by atoms with Crippen molar-refractivity contribution in [3.05, 3.63) is 83.0 Å². The smallest absolute Gasteiger partial charge is 0.338 e. The molecule has 11 aliphatic rings. The van der Waals surface area contributed by atoms with Gasteiger partial charge in [0.05, 0.1) is 44.4 Å². The summed E-state index contributed by atoms with van der Waals surface area (Å²) in [7, 11) is 1.50. The molecule has 0 amide bonds. The zero-order valence-electron chi connectivity index (χ0n) is 39.4. The lowest BCUT2D eigenvalue weighted by Gasteiger charge is -2.56. The Morgan fingerprint density at radius 2 is 1.65 bits per heavy atom. The molecule has 8 aliphatic heterocycles. The minimum absolute atomic E-state index is 0.205. The van der Waals surface area contributed by atoms with Gasteiger partial charge in [-0.05, 0) is 44.4 Å². The van der Waals surface area contributed by atoms with Crippen LogP contribution in [0.2, 0.25) is 0 Å². The first-order valence-electron chi connectivity index (χ1n) is 24.9. The molecule has 0 radical (unpaired) electrons. The average molecular weight is 898 g/mol. The summed E-state index contributed by atoms with van der Waals surface area (Å²) in [6.45, 7) is 26.4. The number of carbonyl (C=O) groups is 3. The highest BCUT2D eigenvalue weighted by molar-refractivity contribution is 5.90. The second-order valence-electron chi connectivity index (χ2n) is 21.7. The number of fused-ring (bicyclic) bond motifs is 6. The van der Waals surface area contributed by atoms with Crippen molar-refractivity contribution in [2.75, 3.05) is 98.7 Å². The molecule has 12 atom stereocenters. The van der Waals surface area contributed by atoms with Crippen molar-refractivity contribution in [1.82, 2.24) is 4.90 Å². The minimum Gasteiger partial charge on any atom is -0.456 e. The van der Waals surface area contributed by atoms with E-state index in [1.54, 1.807) is 13.0 Å². The van der Waals surface area contributed by atoms with Gasteiger partial charge >= 0.3 is 17.9 Å². The zero-order chi connectivity index (χ0) is 45.3. The van der Waals surface area contributed by atoms with Gasteiger partial charge in [0.2, 0.25) is 0 Å². The Morgan fingerprint density at radius 1 is 0.954 bits per heavy atom. The van der Waals surface area contributed by atoms with Crippen molar-refractivity contribution >= 4 is 17.9 Å². The first-order valence-corrected chi connectivity index (χ1v) is 24.9. The highest BCUT2D eigenvalue weighted by atomic mass is 16.6. The number of hydrogen-bond acceptors (Lipinski definition) is 10. The van der Waals surface area contributed by atoms with Gasteiger partial charge in [0.15, 0.2) is 6.10 Å². The number of aliphatic hydroxyl groups is 1. The summed E-state index contributed by atoms with van der Waals surface area (Å²) in [5.41, 5.74) is 2.11. The molecule has 8 heterocycles. The standard InChI is InChI=1S/C52H73N4O9/c1-34-30-35(2)52-41(14-15-42-44(52)45(57)36(3)47(48(42)65-52)64-49(58)39-11-6-7-12-39)32-43(61-5)51(60)63-46(34)37(4)62-50(59)40-13-8-10-38(31-40)33-56-27-24-55(25-28-56,26-29-56)20-9-19-54-21-16-53(17-22-54)18-23-54/h6-8,10-11,13-15,30-31,34,36-37,41-48,57H,9,12,16-29,32-33H2,1-5H3/q+3/b35-30+/t34-,36-,37-,41?,42-,43+,44+,45-,46+,47-,48-,52+,55?,56?/m1/s1. The number of cyclic esters (lactones) is 1. The molecule has 1 N–H and O–H groups in total. The van der Waals surface area contributed by atoms with Crippen LogP contribution < -0.4 is 0 Å². The Hall–Kier alpha value is -3.69. The molecule has 1 aromatic rings. The fourth-order valence-corrected chi connectivity index (χ4v) is 14.1. The van der Waals surface area contributed by atoms with Crippen LogP contribution >= 0.6 is 0 Å². The van der Waals surface area contributed by atoms with Gasteiger partial charge < -0.3 is 42.2 Å². The van der Waals surface area contributed by atoms with Crippen LogP contribution in [0, 0.1) is 29.6 Å². The number of carbonyl (C=O) groups excluding carboxylic acids is 3. The Bertz CT molecular complexity index is 2110. The molecule has 8 fully saturated rings. The maximum absolute atomic E-state index is 14.0. The monoisotopic (exact) mass is 898 g/mol. The van der Waals surface area contributed by atoms with Gasteiger partial charge in [0.25, 0.3) is 0 Å². The van der Waals surface area contributed by atoms with Crippen LogP contribution in [-0.4, -0.2) is 182 Å². The van der Waals surface area contributed by atoms with Crippen LogP contribution in [0.1, 0.15) is 62.9 Å². The lowest BCUT2D eigenvalue weighted by atomic mass is 9.57. The van der Waals surface area contributed by atoms with Gasteiger partial charge in [0.1, 0.15) is 75.8 Å². The number of allylic oxidation sites excluding steroid dienone is 3. The molecular weight excluding hydrogens is 825 g/mol. The van der Waals surface area contributed by atoms with Crippen molar-refractivity contribution in [1.29, 1.82) is 0 Å². The molecule has 1 spiro atoms. The van der Waals surface area contributed by atoms with E-state index in [1.807, 2.05) is 51.1 Å². The third-order valence-electron chi connectivity index (χ3n) is 18.2. The van der Waals surface area contributed by atoms with Crippen molar-refractivity contribution in [2.24, 2.45) is 29.6 Å². The fraction of sp³-hybridized carbons (Fsp3) is 0.673. The molecule has 65 heavy (non-hydrogen) atoms. The molecule has 352 valence electrons. The Labute approximate surface area is 385 Å². The molecule has 13 heteroatoms. The molecule has 1 aromatic carbocycles. The van der Waals surface area contributed by atoms with E-state index in [0.29, 0.717) is 17.6 Å². The summed E-state index contributed by atoms with van der Waals surface area (Å²) < 4.78 is 35.4. The maximum atomic E-state index is 14.0. The number of hydrogen-bond donors (Lipinski definition) is 1. The SMILES string of the molecule is CO[C@H]1CC2C=C[C@H]3[C@H]4O[C@]2(/C(C)=C/[C@@H](C)[C@@H]([C@@H](C)OC(=O)c2cccc(C[N+]56CC[N+](CCC[N+]78CCN(CC7)CC8)(CC5)CC6)c2)OC1=O)[C@@H]3[C@H](O)[C@@H](C)[C@H]4OC(=O)C1=CC=CC1. The number of benzene rings is 1. The third-order valence-corrected chi connectivity index (χ3v) is 18.2. The number of piperazine rings is 6. The van der Waals surface area contributed by atoms with Gasteiger partial charge in [-0.3, -0.25) is 4.90 Å². The lowest BCUT2D eigenvalue weighted by molar-refractivity contribution is -1.09. The molecule has 1 saturated carbocycles. The van der Waals surface area contributed by atoms with E-state index in [1.165, 1.54) is 114 Å². The number of aliphatic hydroxyl groups excluding tert-OH is 1. The Morgan fingerprint density at radius 3 is 2.32 bits per heavy atom. The molecule has 7 saturated heterocycles. The van der Waals surface area contributed by atoms with Crippen LogP contribution in [0.3, 0.4) is 0 Å². The second-order valence-corrected chi connectivity index (χ2v) is 21.7. The molecule has 3 aliphatic carbocycles. The van der Waals surface area contributed by atoms with Gasteiger partial charge in [-0.25, -0.2) is 14.4 Å². The number of ether oxygens (including phenoxy) is 5. The van der Waals surface area contributed by atoms with Crippen molar-refractivity contribution in [3.63, 3.8) is 0 Å². The Balaban J connectivity index is 0.813. The van der Waals surface area contributed by atoms with Crippen LogP contribution in [0.25, 0.3) is 0 Å². The van der Waals surface area contributed by atoms with E-state index in [9.17, 15) is 19.5 Å². The third kappa shape index (κ3) is 8.08. The number of esters is 3. The molecule has 13 nitrogen and oxygen atoms in total. The van der Waals surface area contributed by atoms with E-state index in [-0.39, 0.29) is 30.1 Å². The summed E-state index contributed by atoms with van der Waals surface area (Å²) in [5.74, 6) is -3.06. The highest BCUT2D eigenvalue weighted by Crippen LogP contribution is 2.61. The van der Waals surface area contributed by atoms with Crippen molar-refractivity contribution in [3.8, 4) is 0 Å². The first kappa shape index (κ1) is 45.1. The number of quaternary nitrogens is 3. The molecule has 1 unspecified atom stereocenters. The van der Waals surface area contributed by atoms with Crippen LogP contribution in [0.5, 0.6) is 0 Å². The fourth-order valence-electron chi connectivity index (χ4n) is 14.1. The largest absolute Gasteiger partial charge is 0.456 e. The van der Waals surface area contributed by atoms with Crippen LogP contribution in [0.15, 0.2) is 71.9 Å². The van der Waals surface area contributed by atoms with E-state index in [4.69, 9.17) is 23.7 Å². The van der Waals surface area contributed by atoms with E-state index in [2.05, 4.69) is 29.2 Å². The van der Waals surface area contributed by atoms with Crippen LogP contribution in [0.4, 0.5) is 0 Å². The zero-order valence-corrected chi connectivity index (χ0v) is 39.4. The van der Waals surface area contributed by atoms with Crippen molar-refractivity contribution in [2.45, 2.75) is 95.7 Å². The molecule has 0 aromatic heterocycles. The van der Waals surface area contributed by atoms with Crippen molar-refractivity contribution < 1.29 is 56.6 Å². The average Bonchev–Trinajstić information content (AvgIpc) is 3.93. The summed E-state index contributed by atoms with van der Waals surface area (Å²) in [6.07, 6.45) is 9.28. The quantitative estimate of drug-likeness (QED) is 0.142. The maximum Gasteiger partial charge on any atom is 0.338 e. The normalized spacial score (nSPS) is 43.8. The minimum atomic E-state index is -0.998. The molecule has 8 bridgehead atoms. The number of nitrogens with zero attached hydrogens (tertiary/aromatic N) is 4. The molecule has 12 rings (SSSR count). The number of methoxy groups -OCH3 is 1. The van der Waals surface area contributed by atoms with Gasteiger partial charge in [-0.1, -0.05) is 62.4 Å². The summed E-state index contributed by atoms with van der Waals surface area (Å²) in [6, 6.07) is 7.91. The van der Waals surface area contributed by atoms with Gasteiger partial charge in [-0.15, -0.1) is 0 Å².